The molecule has 1 atom stereocenters. The van der Waals surface area contributed by atoms with Gasteiger partial charge in [-0.15, -0.1) is 5.10 Å². The molecular weight excluding hydrogens is 200 g/mol. The maximum atomic E-state index is 5.75. The van der Waals surface area contributed by atoms with E-state index in [1.54, 1.807) is 0 Å². The van der Waals surface area contributed by atoms with Crippen LogP contribution in [0.1, 0.15) is 38.3 Å². The van der Waals surface area contributed by atoms with Crippen LogP contribution in [0.4, 0.5) is 5.82 Å². The van der Waals surface area contributed by atoms with Crippen LogP contribution in [0.3, 0.4) is 0 Å². The number of hydrogen-bond acceptors (Lipinski definition) is 4. The molecule has 0 spiro atoms. The van der Waals surface area contributed by atoms with Crippen molar-refractivity contribution < 1.29 is 0 Å². The maximum Gasteiger partial charge on any atom is 0.151 e. The third-order valence-electron chi connectivity index (χ3n) is 3.21. The van der Waals surface area contributed by atoms with E-state index in [0.717, 1.165) is 18.1 Å². The van der Waals surface area contributed by atoms with Crippen molar-refractivity contribution in [1.29, 1.82) is 0 Å². The van der Waals surface area contributed by atoms with Gasteiger partial charge in [0, 0.05) is 19.1 Å². The van der Waals surface area contributed by atoms with Gasteiger partial charge in [-0.25, -0.2) is 0 Å². The van der Waals surface area contributed by atoms with Crippen molar-refractivity contribution in [2.45, 2.75) is 38.6 Å². The molecule has 0 radical (unpaired) electrons. The minimum Gasteiger partial charge on any atom is -0.351 e. The van der Waals surface area contributed by atoms with Gasteiger partial charge in [0.25, 0.3) is 0 Å². The van der Waals surface area contributed by atoms with Gasteiger partial charge in [0.2, 0.25) is 0 Å². The second kappa shape index (κ2) is 4.78. The highest BCUT2D eigenvalue weighted by Gasteiger charge is 2.24. The average molecular weight is 220 g/mol. The van der Waals surface area contributed by atoms with E-state index in [4.69, 9.17) is 5.73 Å². The lowest BCUT2D eigenvalue weighted by Gasteiger charge is -2.24. The number of rotatable bonds is 3. The van der Waals surface area contributed by atoms with Gasteiger partial charge in [0.05, 0.1) is 5.69 Å². The largest absolute Gasteiger partial charge is 0.351 e. The SMILES string of the molecule is CC(C)c1ccc(N2CCCC2CN)nn1. The number of anilines is 1. The number of nitrogens with zero attached hydrogens (tertiary/aromatic N) is 3. The molecule has 0 aliphatic carbocycles. The van der Waals surface area contributed by atoms with E-state index >= 15 is 0 Å². The molecule has 1 saturated heterocycles. The van der Waals surface area contributed by atoms with Crippen molar-refractivity contribution >= 4 is 5.82 Å². The summed E-state index contributed by atoms with van der Waals surface area (Å²) in [6, 6.07) is 4.58. The molecule has 0 aromatic carbocycles. The number of nitrogens with two attached hydrogens (primary N) is 1. The molecule has 2 heterocycles. The lowest BCUT2D eigenvalue weighted by Crippen LogP contribution is -2.36. The fourth-order valence-electron chi connectivity index (χ4n) is 2.18. The summed E-state index contributed by atoms with van der Waals surface area (Å²) in [5.41, 5.74) is 6.80. The van der Waals surface area contributed by atoms with E-state index < -0.39 is 0 Å². The molecule has 0 amide bonds. The summed E-state index contributed by atoms with van der Waals surface area (Å²) in [6.07, 6.45) is 2.37. The van der Waals surface area contributed by atoms with Crippen molar-refractivity contribution in [3.05, 3.63) is 17.8 Å². The molecule has 1 aromatic heterocycles. The topological polar surface area (TPSA) is 55.0 Å². The van der Waals surface area contributed by atoms with Crippen LogP contribution in [-0.2, 0) is 0 Å². The first kappa shape index (κ1) is 11.3. The first-order valence-corrected chi connectivity index (χ1v) is 6.02. The second-order valence-corrected chi connectivity index (χ2v) is 4.70. The van der Waals surface area contributed by atoms with E-state index in [0.29, 0.717) is 18.5 Å². The Morgan fingerprint density at radius 3 is 2.81 bits per heavy atom. The van der Waals surface area contributed by atoms with Gasteiger partial charge in [-0.1, -0.05) is 13.8 Å². The average Bonchev–Trinajstić information content (AvgIpc) is 2.77. The van der Waals surface area contributed by atoms with Crippen molar-refractivity contribution in [3.8, 4) is 0 Å². The summed E-state index contributed by atoms with van der Waals surface area (Å²) in [6.45, 7) is 6.01. The van der Waals surface area contributed by atoms with Crippen LogP contribution in [0, 0.1) is 0 Å². The molecule has 2 N–H and O–H groups in total. The summed E-state index contributed by atoms with van der Waals surface area (Å²) in [5.74, 6) is 1.41. The van der Waals surface area contributed by atoms with Gasteiger partial charge in [0.15, 0.2) is 5.82 Å². The fraction of sp³-hybridized carbons (Fsp3) is 0.667. The molecule has 1 aliphatic rings. The van der Waals surface area contributed by atoms with Gasteiger partial charge < -0.3 is 10.6 Å². The van der Waals surface area contributed by atoms with Crippen LogP contribution in [0.15, 0.2) is 12.1 Å². The third kappa shape index (κ3) is 2.16. The number of hydrogen-bond donors (Lipinski definition) is 1. The van der Waals surface area contributed by atoms with Crippen molar-refractivity contribution in [2.24, 2.45) is 5.73 Å². The fourth-order valence-corrected chi connectivity index (χ4v) is 2.18. The van der Waals surface area contributed by atoms with Gasteiger partial charge in [-0.05, 0) is 30.9 Å². The quantitative estimate of drug-likeness (QED) is 0.839. The summed E-state index contributed by atoms with van der Waals surface area (Å²) in [4.78, 5) is 2.27. The van der Waals surface area contributed by atoms with Crippen molar-refractivity contribution in [1.82, 2.24) is 10.2 Å². The minimum atomic E-state index is 0.436. The van der Waals surface area contributed by atoms with Crippen molar-refractivity contribution in [3.63, 3.8) is 0 Å². The minimum absolute atomic E-state index is 0.436. The molecule has 2 rings (SSSR count). The first-order chi connectivity index (χ1) is 7.72. The van der Waals surface area contributed by atoms with E-state index in [1.807, 2.05) is 0 Å². The highest BCUT2D eigenvalue weighted by Crippen LogP contribution is 2.23. The Bertz CT molecular complexity index is 333. The molecule has 0 saturated carbocycles. The first-order valence-electron chi connectivity index (χ1n) is 6.02. The lowest BCUT2D eigenvalue weighted by atomic mass is 10.1. The lowest BCUT2D eigenvalue weighted by molar-refractivity contribution is 0.664. The Morgan fingerprint density at radius 1 is 1.44 bits per heavy atom. The highest BCUT2D eigenvalue weighted by atomic mass is 15.3. The van der Waals surface area contributed by atoms with Crippen LogP contribution in [0.2, 0.25) is 0 Å². The van der Waals surface area contributed by atoms with Gasteiger partial charge in [-0.2, -0.15) is 5.10 Å². The highest BCUT2D eigenvalue weighted by molar-refractivity contribution is 5.40. The van der Waals surface area contributed by atoms with Crippen LogP contribution in [-0.4, -0.2) is 29.3 Å². The Kier molecular flexibility index (Phi) is 3.39. The summed E-state index contributed by atoms with van der Waals surface area (Å²) < 4.78 is 0. The smallest absolute Gasteiger partial charge is 0.151 e. The Hall–Kier alpha value is -1.16. The standard InChI is InChI=1S/C12H20N4/c1-9(2)11-5-6-12(15-14-11)16-7-3-4-10(16)8-13/h5-6,9-10H,3-4,7-8,13H2,1-2H3. The zero-order valence-electron chi connectivity index (χ0n) is 10.1. The van der Waals surface area contributed by atoms with Crippen LogP contribution >= 0.6 is 0 Å². The number of aromatic nitrogens is 2. The Morgan fingerprint density at radius 2 is 2.25 bits per heavy atom. The summed E-state index contributed by atoms with van der Waals surface area (Å²) in [7, 11) is 0. The van der Waals surface area contributed by atoms with Crippen LogP contribution in [0.25, 0.3) is 0 Å². The van der Waals surface area contributed by atoms with E-state index in [2.05, 4.69) is 41.1 Å². The molecular formula is C12H20N4. The molecule has 0 bridgehead atoms. The van der Waals surface area contributed by atoms with E-state index in [-0.39, 0.29) is 0 Å². The zero-order chi connectivity index (χ0) is 11.5. The Balaban J connectivity index is 2.15. The molecule has 4 heteroatoms. The second-order valence-electron chi connectivity index (χ2n) is 4.70. The van der Waals surface area contributed by atoms with E-state index in [9.17, 15) is 0 Å². The normalized spacial score (nSPS) is 20.8. The third-order valence-corrected chi connectivity index (χ3v) is 3.21. The predicted molar refractivity (Wildman–Crippen MR) is 65.5 cm³/mol. The maximum absolute atomic E-state index is 5.75. The van der Waals surface area contributed by atoms with Gasteiger partial charge in [0.1, 0.15) is 0 Å². The van der Waals surface area contributed by atoms with Gasteiger partial charge >= 0.3 is 0 Å². The molecule has 4 nitrogen and oxygen atoms in total. The predicted octanol–water partition coefficient (Wildman–Crippen LogP) is 1.53. The van der Waals surface area contributed by atoms with E-state index in [1.165, 1.54) is 12.8 Å². The zero-order valence-corrected chi connectivity index (χ0v) is 10.1. The van der Waals surface area contributed by atoms with Crippen molar-refractivity contribution in [2.75, 3.05) is 18.0 Å². The molecule has 1 aliphatic heterocycles. The van der Waals surface area contributed by atoms with Crippen LogP contribution in [0.5, 0.6) is 0 Å². The molecule has 1 unspecified atom stereocenters. The summed E-state index contributed by atoms with van der Waals surface area (Å²) >= 11 is 0. The molecule has 88 valence electrons. The monoisotopic (exact) mass is 220 g/mol. The molecule has 1 aromatic rings. The van der Waals surface area contributed by atoms with Crippen LogP contribution < -0.4 is 10.6 Å². The molecule has 16 heavy (non-hydrogen) atoms. The Labute approximate surface area is 96.9 Å². The molecule has 1 fully saturated rings. The summed E-state index contributed by atoms with van der Waals surface area (Å²) in [5, 5.41) is 8.56. The van der Waals surface area contributed by atoms with Gasteiger partial charge in [-0.3, -0.25) is 0 Å².